The molecule has 1 fully saturated rings. The maximum atomic E-state index is 10.7. The zero-order chi connectivity index (χ0) is 11.5. The third-order valence-corrected chi connectivity index (χ3v) is 2.23. The molecular formula is C8H12N6O2. The first-order valence-electron chi connectivity index (χ1n) is 4.87. The van der Waals surface area contributed by atoms with Crippen LogP contribution in [-0.4, -0.2) is 52.2 Å². The molecule has 0 bridgehead atoms. The normalized spacial score (nSPS) is 16.1. The van der Waals surface area contributed by atoms with E-state index in [0.717, 1.165) is 26.2 Å². The summed E-state index contributed by atoms with van der Waals surface area (Å²) in [6.45, 7) is 3.08. The molecule has 1 aromatic rings. The van der Waals surface area contributed by atoms with Crippen LogP contribution in [0.25, 0.3) is 0 Å². The zero-order valence-electron chi connectivity index (χ0n) is 8.55. The molecule has 4 N–H and O–H groups in total. The highest BCUT2D eigenvalue weighted by atomic mass is 16.4. The molecule has 16 heavy (non-hydrogen) atoms. The maximum absolute atomic E-state index is 10.7. The number of nitrogens with two attached hydrogens (primary N) is 1. The van der Waals surface area contributed by atoms with Crippen LogP contribution in [0.5, 0.6) is 0 Å². The molecule has 8 heteroatoms. The first-order valence-corrected chi connectivity index (χ1v) is 4.87. The molecule has 0 aliphatic carbocycles. The Morgan fingerprint density at radius 1 is 1.31 bits per heavy atom. The molecule has 0 atom stereocenters. The molecule has 86 valence electrons. The minimum Gasteiger partial charge on any atom is -0.475 e. The molecule has 0 amide bonds. The Hall–Kier alpha value is -1.96. The molecule has 0 saturated carbocycles. The lowest BCUT2D eigenvalue weighted by Gasteiger charge is -2.27. The summed E-state index contributed by atoms with van der Waals surface area (Å²) < 4.78 is 0. The van der Waals surface area contributed by atoms with Crippen molar-refractivity contribution in [2.75, 3.05) is 36.8 Å². The smallest absolute Gasteiger partial charge is 0.374 e. The van der Waals surface area contributed by atoms with Gasteiger partial charge < -0.3 is 21.1 Å². The maximum Gasteiger partial charge on any atom is 0.374 e. The third-order valence-electron chi connectivity index (χ3n) is 2.23. The molecule has 1 aliphatic heterocycles. The highest BCUT2D eigenvalue weighted by molar-refractivity contribution is 5.83. The molecule has 8 nitrogen and oxygen atoms in total. The van der Waals surface area contributed by atoms with Gasteiger partial charge in [-0.15, -0.1) is 0 Å². The summed E-state index contributed by atoms with van der Waals surface area (Å²) in [7, 11) is 0. The van der Waals surface area contributed by atoms with Gasteiger partial charge in [-0.25, -0.2) is 4.79 Å². The van der Waals surface area contributed by atoms with Crippen LogP contribution in [0.3, 0.4) is 0 Å². The highest BCUT2D eigenvalue weighted by Gasteiger charge is 2.17. The fourth-order valence-corrected chi connectivity index (χ4v) is 1.48. The van der Waals surface area contributed by atoms with E-state index in [1.807, 2.05) is 4.90 Å². The van der Waals surface area contributed by atoms with E-state index in [4.69, 9.17) is 10.8 Å². The summed E-state index contributed by atoms with van der Waals surface area (Å²) in [6.07, 6.45) is 0. The van der Waals surface area contributed by atoms with Crippen LogP contribution in [0.4, 0.5) is 11.9 Å². The second kappa shape index (κ2) is 4.27. The molecule has 1 saturated heterocycles. The standard InChI is InChI=1S/C8H12N6O2/c9-7-11-5(6(15)16)12-8(13-7)14-3-1-10-2-4-14/h10H,1-4H2,(H,15,16)(H2,9,11,12,13). The minimum absolute atomic E-state index is 0.0686. The van der Waals surface area contributed by atoms with Crippen molar-refractivity contribution in [2.24, 2.45) is 0 Å². The average molecular weight is 224 g/mol. The fraction of sp³-hybridized carbons (Fsp3) is 0.500. The van der Waals surface area contributed by atoms with Gasteiger partial charge in [-0.2, -0.15) is 15.0 Å². The predicted molar refractivity (Wildman–Crippen MR) is 56.3 cm³/mol. The molecule has 0 radical (unpaired) electrons. The van der Waals surface area contributed by atoms with E-state index in [0.29, 0.717) is 5.95 Å². The SMILES string of the molecule is Nc1nc(C(=O)O)nc(N2CCNCC2)n1. The number of hydrogen-bond acceptors (Lipinski definition) is 7. The minimum atomic E-state index is -1.20. The van der Waals surface area contributed by atoms with Crippen LogP contribution in [0, 0.1) is 0 Å². The molecule has 0 spiro atoms. The lowest BCUT2D eigenvalue weighted by molar-refractivity contribution is 0.0683. The summed E-state index contributed by atoms with van der Waals surface area (Å²) in [5.41, 5.74) is 5.44. The number of nitrogens with zero attached hydrogens (tertiary/aromatic N) is 4. The first-order chi connectivity index (χ1) is 7.66. The Bertz CT molecular complexity index is 404. The Balaban J connectivity index is 2.28. The van der Waals surface area contributed by atoms with Crippen LogP contribution < -0.4 is 16.0 Å². The topological polar surface area (TPSA) is 117 Å². The van der Waals surface area contributed by atoms with Gasteiger partial charge in [-0.3, -0.25) is 0 Å². The van der Waals surface area contributed by atoms with Crippen molar-refractivity contribution in [1.29, 1.82) is 0 Å². The number of rotatable bonds is 2. The second-order valence-corrected chi connectivity index (χ2v) is 3.36. The van der Waals surface area contributed by atoms with Crippen molar-refractivity contribution in [2.45, 2.75) is 0 Å². The van der Waals surface area contributed by atoms with Gasteiger partial charge in [0.2, 0.25) is 17.7 Å². The second-order valence-electron chi connectivity index (χ2n) is 3.36. The first kappa shape index (κ1) is 10.6. The number of aromatic nitrogens is 3. The van der Waals surface area contributed by atoms with Crippen LogP contribution in [-0.2, 0) is 0 Å². The molecule has 0 unspecified atom stereocenters. The van der Waals surface area contributed by atoms with Gasteiger partial charge in [0.15, 0.2) is 0 Å². The van der Waals surface area contributed by atoms with Gasteiger partial charge in [0.05, 0.1) is 0 Å². The monoisotopic (exact) mass is 224 g/mol. The van der Waals surface area contributed by atoms with Crippen molar-refractivity contribution in [3.63, 3.8) is 0 Å². The Morgan fingerprint density at radius 3 is 2.62 bits per heavy atom. The number of nitrogen functional groups attached to an aromatic ring is 1. The van der Waals surface area contributed by atoms with Crippen molar-refractivity contribution in [3.8, 4) is 0 Å². The average Bonchev–Trinajstić information content (AvgIpc) is 2.29. The van der Waals surface area contributed by atoms with E-state index < -0.39 is 5.97 Å². The van der Waals surface area contributed by atoms with Crippen LogP contribution in [0.2, 0.25) is 0 Å². The number of hydrogen-bond donors (Lipinski definition) is 3. The lowest BCUT2D eigenvalue weighted by Crippen LogP contribution is -2.44. The van der Waals surface area contributed by atoms with E-state index in [-0.39, 0.29) is 11.8 Å². The fourth-order valence-electron chi connectivity index (χ4n) is 1.48. The summed E-state index contributed by atoms with van der Waals surface area (Å²) in [5, 5.41) is 12.0. The van der Waals surface area contributed by atoms with Crippen molar-refractivity contribution in [1.82, 2.24) is 20.3 Å². The van der Waals surface area contributed by atoms with Crippen LogP contribution in [0.1, 0.15) is 10.6 Å². The number of aromatic carboxylic acids is 1. The van der Waals surface area contributed by atoms with E-state index in [2.05, 4.69) is 20.3 Å². The van der Waals surface area contributed by atoms with Crippen molar-refractivity contribution >= 4 is 17.9 Å². The zero-order valence-corrected chi connectivity index (χ0v) is 8.55. The Kier molecular flexibility index (Phi) is 2.82. The van der Waals surface area contributed by atoms with E-state index in [1.165, 1.54) is 0 Å². The van der Waals surface area contributed by atoms with Gasteiger partial charge in [-0.1, -0.05) is 0 Å². The number of nitrogens with one attached hydrogen (secondary N) is 1. The molecular weight excluding hydrogens is 212 g/mol. The number of carboxylic acid groups (broad SMARTS) is 1. The van der Waals surface area contributed by atoms with Crippen LogP contribution >= 0.6 is 0 Å². The number of carboxylic acids is 1. The molecule has 0 aromatic carbocycles. The largest absolute Gasteiger partial charge is 0.475 e. The van der Waals surface area contributed by atoms with Crippen molar-refractivity contribution < 1.29 is 9.90 Å². The van der Waals surface area contributed by atoms with Gasteiger partial charge in [-0.05, 0) is 0 Å². The van der Waals surface area contributed by atoms with E-state index in [1.54, 1.807) is 0 Å². The summed E-state index contributed by atoms with van der Waals surface area (Å²) in [6, 6.07) is 0. The summed E-state index contributed by atoms with van der Waals surface area (Å²) in [4.78, 5) is 24.0. The number of piperazine rings is 1. The van der Waals surface area contributed by atoms with Gasteiger partial charge in [0, 0.05) is 26.2 Å². The number of carbonyl (C=O) groups is 1. The van der Waals surface area contributed by atoms with E-state index in [9.17, 15) is 4.79 Å². The van der Waals surface area contributed by atoms with Gasteiger partial charge in [0.25, 0.3) is 0 Å². The third kappa shape index (κ3) is 2.16. The Labute approximate surface area is 91.5 Å². The molecule has 1 aromatic heterocycles. The quantitative estimate of drug-likeness (QED) is 0.559. The highest BCUT2D eigenvalue weighted by Crippen LogP contribution is 2.09. The predicted octanol–water partition coefficient (Wildman–Crippen LogP) is -1.44. The van der Waals surface area contributed by atoms with Gasteiger partial charge in [0.1, 0.15) is 0 Å². The lowest BCUT2D eigenvalue weighted by atomic mass is 10.4. The van der Waals surface area contributed by atoms with E-state index >= 15 is 0 Å². The number of anilines is 2. The van der Waals surface area contributed by atoms with Gasteiger partial charge >= 0.3 is 5.97 Å². The molecule has 2 rings (SSSR count). The summed E-state index contributed by atoms with van der Waals surface area (Å²) >= 11 is 0. The van der Waals surface area contributed by atoms with Crippen molar-refractivity contribution in [3.05, 3.63) is 5.82 Å². The Morgan fingerprint density at radius 2 is 2.00 bits per heavy atom. The van der Waals surface area contributed by atoms with Crippen LogP contribution in [0.15, 0.2) is 0 Å². The molecule has 2 heterocycles. The summed E-state index contributed by atoms with van der Waals surface area (Å²) in [5.74, 6) is -1.26. The molecule has 1 aliphatic rings.